The van der Waals surface area contributed by atoms with Gasteiger partial charge in [-0.05, 0) is 39.0 Å². The lowest BCUT2D eigenvalue weighted by Crippen LogP contribution is -2.51. The number of likely N-dealkylation sites (tertiary alicyclic amines) is 1. The molecule has 0 aromatic rings. The number of carbonyl (C=O) groups excluding carboxylic acids is 2. The summed E-state index contributed by atoms with van der Waals surface area (Å²) in [5.74, 6) is 1.11. The Morgan fingerprint density at radius 1 is 1.39 bits per heavy atom. The van der Waals surface area contributed by atoms with Gasteiger partial charge in [0.05, 0.1) is 11.3 Å². The lowest BCUT2D eigenvalue weighted by molar-refractivity contribution is -0.127. The highest BCUT2D eigenvalue weighted by atomic mass is 32.2. The van der Waals surface area contributed by atoms with E-state index in [0.29, 0.717) is 12.2 Å². The molecule has 18 heavy (non-hydrogen) atoms. The molecule has 1 heterocycles. The highest BCUT2D eigenvalue weighted by Crippen LogP contribution is 2.15. The summed E-state index contributed by atoms with van der Waals surface area (Å²) in [6.07, 6.45) is 2.88. The van der Waals surface area contributed by atoms with Crippen LogP contribution in [-0.2, 0) is 9.59 Å². The van der Waals surface area contributed by atoms with Crippen LogP contribution in [0, 0.1) is 0 Å². The molecule has 5 nitrogen and oxygen atoms in total. The third-order valence-electron chi connectivity index (χ3n) is 3.53. The van der Waals surface area contributed by atoms with Gasteiger partial charge in [-0.1, -0.05) is 0 Å². The molecule has 1 aliphatic heterocycles. The molecular weight excluding hydrogens is 250 g/mol. The molecule has 1 atom stereocenters. The molecule has 1 aliphatic rings. The van der Waals surface area contributed by atoms with Gasteiger partial charge in [-0.15, -0.1) is 0 Å². The predicted octanol–water partition coefficient (Wildman–Crippen LogP) is 0.196. The summed E-state index contributed by atoms with van der Waals surface area (Å²) >= 11 is 1.57. The molecule has 0 radical (unpaired) electrons. The smallest absolute Gasteiger partial charge is 0.237 e. The van der Waals surface area contributed by atoms with Crippen molar-refractivity contribution in [3.8, 4) is 0 Å². The second-order valence-corrected chi connectivity index (χ2v) is 5.94. The van der Waals surface area contributed by atoms with Gasteiger partial charge in [0.25, 0.3) is 0 Å². The van der Waals surface area contributed by atoms with E-state index >= 15 is 0 Å². The van der Waals surface area contributed by atoms with Gasteiger partial charge in [0, 0.05) is 13.1 Å². The van der Waals surface area contributed by atoms with Crippen molar-refractivity contribution in [3.05, 3.63) is 0 Å². The van der Waals surface area contributed by atoms with E-state index in [-0.39, 0.29) is 11.8 Å². The molecule has 0 aromatic carbocycles. The Morgan fingerprint density at radius 2 is 2.00 bits per heavy atom. The number of likely N-dealkylation sites (N-methyl/N-ethyl adjacent to an activating group) is 1. The van der Waals surface area contributed by atoms with Crippen molar-refractivity contribution in [2.75, 3.05) is 31.6 Å². The zero-order valence-corrected chi connectivity index (χ0v) is 12.0. The highest BCUT2D eigenvalue weighted by Gasteiger charge is 2.28. The summed E-state index contributed by atoms with van der Waals surface area (Å²) in [5.41, 5.74) is 4.66. The van der Waals surface area contributed by atoms with Crippen molar-refractivity contribution in [1.82, 2.24) is 10.2 Å². The number of thioether (sulfide) groups is 1. The van der Waals surface area contributed by atoms with Gasteiger partial charge in [0.15, 0.2) is 0 Å². The Bertz CT molecular complexity index is 306. The van der Waals surface area contributed by atoms with Gasteiger partial charge >= 0.3 is 0 Å². The van der Waals surface area contributed by atoms with Crippen molar-refractivity contribution in [2.45, 2.75) is 31.7 Å². The zero-order chi connectivity index (χ0) is 13.6. The molecule has 104 valence electrons. The fraction of sp³-hybridized carbons (Fsp3) is 0.833. The van der Waals surface area contributed by atoms with Crippen LogP contribution in [0.5, 0.6) is 0 Å². The summed E-state index contributed by atoms with van der Waals surface area (Å²) in [4.78, 5) is 25.0. The van der Waals surface area contributed by atoms with Crippen LogP contribution in [0.25, 0.3) is 0 Å². The Labute approximate surface area is 113 Å². The molecular formula is C12H23N3O2S. The van der Waals surface area contributed by atoms with E-state index in [1.165, 1.54) is 0 Å². The van der Waals surface area contributed by atoms with Crippen LogP contribution < -0.4 is 11.1 Å². The van der Waals surface area contributed by atoms with Crippen LogP contribution in [0.4, 0.5) is 0 Å². The molecule has 1 rings (SSSR count). The average molecular weight is 273 g/mol. The lowest BCUT2D eigenvalue weighted by Gasteiger charge is -2.25. The third kappa shape index (κ3) is 4.17. The number of amides is 2. The molecule has 1 unspecified atom stereocenters. The molecule has 3 N–H and O–H groups in total. The van der Waals surface area contributed by atoms with Crippen molar-refractivity contribution in [3.63, 3.8) is 0 Å². The minimum Gasteiger partial charge on any atom is -0.368 e. The fourth-order valence-electron chi connectivity index (χ4n) is 1.86. The number of primary amides is 1. The maximum atomic E-state index is 11.8. The molecule has 0 aromatic heterocycles. The van der Waals surface area contributed by atoms with Gasteiger partial charge in [-0.3, -0.25) is 9.59 Å². The number of nitrogens with zero attached hydrogens (tertiary/aromatic N) is 1. The monoisotopic (exact) mass is 273 g/mol. The summed E-state index contributed by atoms with van der Waals surface area (Å²) in [5, 5.41) is 2.94. The number of carbonyl (C=O) groups is 2. The fourth-order valence-corrected chi connectivity index (χ4v) is 2.92. The van der Waals surface area contributed by atoms with Crippen LogP contribution in [0.15, 0.2) is 0 Å². The molecule has 0 saturated carbocycles. The van der Waals surface area contributed by atoms with Gasteiger partial charge in [-0.2, -0.15) is 11.8 Å². The molecule has 2 amide bonds. The normalized spacial score (nSPS) is 18.7. The molecule has 1 fully saturated rings. The van der Waals surface area contributed by atoms with Gasteiger partial charge < -0.3 is 16.0 Å². The van der Waals surface area contributed by atoms with Gasteiger partial charge in [0.2, 0.25) is 11.8 Å². The van der Waals surface area contributed by atoms with Crippen LogP contribution in [0.2, 0.25) is 0 Å². The van der Waals surface area contributed by atoms with Crippen LogP contribution in [0.3, 0.4) is 0 Å². The zero-order valence-electron chi connectivity index (χ0n) is 11.2. The Kier molecular flexibility index (Phi) is 5.95. The topological polar surface area (TPSA) is 75.4 Å². The minimum atomic E-state index is -0.677. The molecule has 6 heteroatoms. The molecule has 0 spiro atoms. The summed E-state index contributed by atoms with van der Waals surface area (Å²) in [6, 6.07) is 0. The van der Waals surface area contributed by atoms with E-state index < -0.39 is 5.54 Å². The van der Waals surface area contributed by atoms with E-state index in [2.05, 4.69) is 5.32 Å². The summed E-state index contributed by atoms with van der Waals surface area (Å²) < 4.78 is 0. The van der Waals surface area contributed by atoms with Crippen molar-refractivity contribution >= 4 is 23.6 Å². The van der Waals surface area contributed by atoms with E-state index in [1.807, 2.05) is 4.90 Å². The van der Waals surface area contributed by atoms with Crippen molar-refractivity contribution in [2.24, 2.45) is 5.73 Å². The summed E-state index contributed by atoms with van der Waals surface area (Å²) in [7, 11) is 1.73. The molecule has 0 aliphatic carbocycles. The number of hydrogen-bond acceptors (Lipinski definition) is 4. The van der Waals surface area contributed by atoms with E-state index in [9.17, 15) is 9.59 Å². The molecule has 1 saturated heterocycles. The Balaban J connectivity index is 2.21. The predicted molar refractivity (Wildman–Crippen MR) is 74.4 cm³/mol. The molecule has 0 bridgehead atoms. The first kappa shape index (κ1) is 15.3. The standard InChI is InChI=1S/C12H23N3O2S/c1-12(14-2,11(13)17)5-8-18-9-10(16)15-6-3-4-7-15/h14H,3-9H2,1-2H3,(H2,13,17). The number of nitrogens with two attached hydrogens (primary N) is 1. The first-order chi connectivity index (χ1) is 8.49. The van der Waals surface area contributed by atoms with Gasteiger partial charge in [-0.25, -0.2) is 0 Å². The first-order valence-electron chi connectivity index (χ1n) is 6.34. The number of rotatable bonds is 7. The van der Waals surface area contributed by atoms with Crippen LogP contribution in [-0.4, -0.2) is 53.9 Å². The van der Waals surface area contributed by atoms with E-state index in [1.54, 1.807) is 25.7 Å². The van der Waals surface area contributed by atoms with E-state index in [4.69, 9.17) is 5.73 Å². The highest BCUT2D eigenvalue weighted by molar-refractivity contribution is 7.99. The maximum Gasteiger partial charge on any atom is 0.237 e. The number of nitrogens with one attached hydrogen (secondary N) is 1. The lowest BCUT2D eigenvalue weighted by atomic mass is 9.99. The first-order valence-corrected chi connectivity index (χ1v) is 7.49. The minimum absolute atomic E-state index is 0.211. The number of hydrogen-bond donors (Lipinski definition) is 2. The maximum absolute atomic E-state index is 11.8. The second kappa shape index (κ2) is 6.99. The van der Waals surface area contributed by atoms with Crippen LogP contribution in [0.1, 0.15) is 26.2 Å². The van der Waals surface area contributed by atoms with E-state index in [0.717, 1.165) is 31.7 Å². The quantitative estimate of drug-likeness (QED) is 0.650. The summed E-state index contributed by atoms with van der Waals surface area (Å²) in [6.45, 7) is 3.59. The largest absolute Gasteiger partial charge is 0.368 e. The average Bonchev–Trinajstić information content (AvgIpc) is 2.87. The Morgan fingerprint density at radius 3 is 2.50 bits per heavy atom. The Hall–Kier alpha value is -0.750. The van der Waals surface area contributed by atoms with Crippen LogP contribution >= 0.6 is 11.8 Å². The van der Waals surface area contributed by atoms with Gasteiger partial charge in [0.1, 0.15) is 0 Å². The SMILES string of the molecule is CNC(C)(CCSCC(=O)N1CCCC1)C(N)=O. The second-order valence-electron chi connectivity index (χ2n) is 4.84. The third-order valence-corrected chi connectivity index (χ3v) is 4.47. The van der Waals surface area contributed by atoms with Crippen molar-refractivity contribution < 1.29 is 9.59 Å². The van der Waals surface area contributed by atoms with Crippen molar-refractivity contribution in [1.29, 1.82) is 0 Å².